The van der Waals surface area contributed by atoms with Crippen molar-refractivity contribution < 1.29 is 13.2 Å². The molecule has 2 aromatic rings. The average molecular weight is 317 g/mol. The maximum Gasteiger partial charge on any atom is 0.416 e. The van der Waals surface area contributed by atoms with Crippen molar-refractivity contribution in [2.24, 2.45) is 0 Å². The molecular formula is C15H12ClF3S. The van der Waals surface area contributed by atoms with Gasteiger partial charge in [-0.2, -0.15) is 13.2 Å². The van der Waals surface area contributed by atoms with Crippen molar-refractivity contribution in [1.82, 2.24) is 0 Å². The maximum absolute atomic E-state index is 12.4. The molecule has 0 saturated heterocycles. The molecule has 0 aliphatic carbocycles. The molecule has 106 valence electrons. The van der Waals surface area contributed by atoms with Gasteiger partial charge in [0.25, 0.3) is 0 Å². The molecule has 0 aliphatic rings. The number of rotatable bonds is 4. The van der Waals surface area contributed by atoms with Gasteiger partial charge in [-0.15, -0.1) is 23.4 Å². The zero-order chi connectivity index (χ0) is 14.6. The van der Waals surface area contributed by atoms with E-state index in [1.54, 1.807) is 11.8 Å². The van der Waals surface area contributed by atoms with Crippen LogP contribution in [0.2, 0.25) is 0 Å². The van der Waals surface area contributed by atoms with Gasteiger partial charge in [-0.05, 0) is 35.4 Å². The van der Waals surface area contributed by atoms with Crippen LogP contribution < -0.4 is 0 Å². The Morgan fingerprint density at radius 1 is 0.850 bits per heavy atom. The molecule has 20 heavy (non-hydrogen) atoms. The van der Waals surface area contributed by atoms with Crippen molar-refractivity contribution in [3.05, 3.63) is 65.2 Å². The Morgan fingerprint density at radius 3 is 1.90 bits per heavy atom. The van der Waals surface area contributed by atoms with E-state index < -0.39 is 11.7 Å². The number of benzene rings is 2. The minimum Gasteiger partial charge on any atom is -0.166 e. The molecule has 0 radical (unpaired) electrons. The highest BCUT2D eigenvalue weighted by Gasteiger charge is 2.29. The predicted octanol–water partition coefficient (Wildman–Crippen LogP) is 5.74. The zero-order valence-electron chi connectivity index (χ0n) is 10.5. The van der Waals surface area contributed by atoms with E-state index >= 15 is 0 Å². The van der Waals surface area contributed by atoms with Crippen LogP contribution in [0.4, 0.5) is 13.2 Å². The summed E-state index contributed by atoms with van der Waals surface area (Å²) in [7, 11) is 0. The number of halogens is 4. The first-order valence-corrected chi connectivity index (χ1v) is 7.45. The molecule has 0 atom stereocenters. The summed E-state index contributed by atoms with van der Waals surface area (Å²) < 4.78 is 37.3. The summed E-state index contributed by atoms with van der Waals surface area (Å²) in [5, 5.41) is 0. The van der Waals surface area contributed by atoms with Gasteiger partial charge in [0.1, 0.15) is 0 Å². The summed E-state index contributed by atoms with van der Waals surface area (Å²) in [6.07, 6.45) is -4.27. The van der Waals surface area contributed by atoms with Gasteiger partial charge in [-0.1, -0.05) is 24.3 Å². The van der Waals surface area contributed by atoms with E-state index in [0.717, 1.165) is 28.2 Å². The van der Waals surface area contributed by atoms with Crippen molar-refractivity contribution in [2.75, 3.05) is 0 Å². The van der Waals surface area contributed by atoms with Gasteiger partial charge in [0.15, 0.2) is 0 Å². The van der Waals surface area contributed by atoms with E-state index in [1.165, 1.54) is 12.1 Å². The fraction of sp³-hybridized carbons (Fsp3) is 0.200. The van der Waals surface area contributed by atoms with Gasteiger partial charge in [-0.3, -0.25) is 0 Å². The molecule has 0 saturated carbocycles. The highest BCUT2D eigenvalue weighted by atomic mass is 35.5. The van der Waals surface area contributed by atoms with Crippen LogP contribution in [0.3, 0.4) is 0 Å². The minimum atomic E-state index is -4.27. The molecule has 0 N–H and O–H groups in total. The normalized spacial score (nSPS) is 11.6. The fourth-order valence-corrected chi connectivity index (χ4v) is 2.66. The van der Waals surface area contributed by atoms with E-state index in [-0.39, 0.29) is 0 Å². The van der Waals surface area contributed by atoms with Gasteiger partial charge in [0, 0.05) is 16.5 Å². The summed E-state index contributed by atoms with van der Waals surface area (Å²) >= 11 is 7.29. The first kappa shape index (κ1) is 15.3. The van der Waals surface area contributed by atoms with Crippen LogP contribution in [0, 0.1) is 0 Å². The lowest BCUT2D eigenvalue weighted by atomic mass is 10.1. The number of alkyl halides is 4. The molecule has 0 amide bonds. The average Bonchev–Trinajstić information content (AvgIpc) is 2.45. The summed E-state index contributed by atoms with van der Waals surface area (Å²) in [6.45, 7) is 0. The lowest BCUT2D eigenvalue weighted by Crippen LogP contribution is -2.04. The molecule has 0 unspecified atom stereocenters. The van der Waals surface area contributed by atoms with Crippen molar-refractivity contribution in [3.8, 4) is 0 Å². The maximum atomic E-state index is 12.4. The third-order valence-corrected chi connectivity index (χ3v) is 4.16. The highest BCUT2D eigenvalue weighted by Crippen LogP contribution is 2.30. The lowest BCUT2D eigenvalue weighted by Gasteiger charge is -2.07. The van der Waals surface area contributed by atoms with E-state index in [0.29, 0.717) is 11.6 Å². The monoisotopic (exact) mass is 316 g/mol. The molecule has 0 aromatic heterocycles. The SMILES string of the molecule is FC(F)(F)c1ccc(CSc2ccc(CCl)cc2)cc1. The molecule has 5 heteroatoms. The molecule has 2 aromatic carbocycles. The van der Waals surface area contributed by atoms with E-state index in [4.69, 9.17) is 11.6 Å². The van der Waals surface area contributed by atoms with Crippen molar-refractivity contribution in [2.45, 2.75) is 22.7 Å². The first-order valence-electron chi connectivity index (χ1n) is 5.93. The van der Waals surface area contributed by atoms with Gasteiger partial charge >= 0.3 is 6.18 Å². The summed E-state index contributed by atoms with van der Waals surface area (Å²) in [5.74, 6) is 1.11. The summed E-state index contributed by atoms with van der Waals surface area (Å²) in [5.41, 5.74) is 1.30. The minimum absolute atomic E-state index is 0.476. The molecular weight excluding hydrogens is 305 g/mol. The molecule has 0 heterocycles. The van der Waals surface area contributed by atoms with Crippen LogP contribution in [0.25, 0.3) is 0 Å². The van der Waals surface area contributed by atoms with Gasteiger partial charge in [-0.25, -0.2) is 0 Å². The van der Waals surface area contributed by atoms with Gasteiger partial charge in [0.05, 0.1) is 5.56 Å². The quantitative estimate of drug-likeness (QED) is 0.512. The number of hydrogen-bond acceptors (Lipinski definition) is 1. The van der Waals surface area contributed by atoms with E-state index in [2.05, 4.69) is 0 Å². The topological polar surface area (TPSA) is 0 Å². The second-order valence-corrected chi connectivity index (χ2v) is 5.58. The molecule has 0 nitrogen and oxygen atoms in total. The van der Waals surface area contributed by atoms with Crippen LogP contribution in [0.15, 0.2) is 53.4 Å². The Kier molecular flexibility index (Phi) is 5.00. The molecule has 2 rings (SSSR count). The number of hydrogen-bond donors (Lipinski definition) is 0. The van der Waals surface area contributed by atoms with Crippen LogP contribution in [0.1, 0.15) is 16.7 Å². The Bertz CT molecular complexity index is 547. The van der Waals surface area contributed by atoms with Crippen LogP contribution in [0.5, 0.6) is 0 Å². The van der Waals surface area contributed by atoms with E-state index in [9.17, 15) is 13.2 Å². The van der Waals surface area contributed by atoms with Crippen LogP contribution >= 0.6 is 23.4 Å². The fourth-order valence-electron chi connectivity index (χ4n) is 1.63. The number of thioether (sulfide) groups is 1. The van der Waals surface area contributed by atoms with Crippen molar-refractivity contribution in [1.29, 1.82) is 0 Å². The second-order valence-electron chi connectivity index (χ2n) is 4.26. The Hall–Kier alpha value is -1.13. The third kappa shape index (κ3) is 4.18. The summed E-state index contributed by atoms with van der Waals surface area (Å²) in [4.78, 5) is 1.07. The standard InChI is InChI=1S/C15H12ClF3S/c16-9-11-3-7-14(8-4-11)20-10-12-1-5-13(6-2-12)15(17,18)19/h1-8H,9-10H2. The zero-order valence-corrected chi connectivity index (χ0v) is 12.0. The van der Waals surface area contributed by atoms with Gasteiger partial charge < -0.3 is 0 Å². The predicted molar refractivity (Wildman–Crippen MR) is 77.0 cm³/mol. The smallest absolute Gasteiger partial charge is 0.166 e. The Balaban J connectivity index is 1.96. The Morgan fingerprint density at radius 2 is 1.40 bits per heavy atom. The highest BCUT2D eigenvalue weighted by molar-refractivity contribution is 7.98. The second kappa shape index (κ2) is 6.55. The Labute approximate surface area is 125 Å². The first-order chi connectivity index (χ1) is 9.49. The summed E-state index contributed by atoms with van der Waals surface area (Å²) in [6, 6.07) is 13.1. The van der Waals surface area contributed by atoms with Crippen molar-refractivity contribution >= 4 is 23.4 Å². The lowest BCUT2D eigenvalue weighted by molar-refractivity contribution is -0.137. The van der Waals surface area contributed by atoms with Crippen molar-refractivity contribution in [3.63, 3.8) is 0 Å². The van der Waals surface area contributed by atoms with Crippen LogP contribution in [-0.2, 0) is 17.8 Å². The largest absolute Gasteiger partial charge is 0.416 e. The molecule has 0 bridgehead atoms. The molecule has 0 aliphatic heterocycles. The van der Waals surface area contributed by atoms with E-state index in [1.807, 2.05) is 24.3 Å². The van der Waals surface area contributed by atoms with Gasteiger partial charge in [0.2, 0.25) is 0 Å². The third-order valence-electron chi connectivity index (χ3n) is 2.76. The molecule has 0 fully saturated rings. The molecule has 0 spiro atoms. The van der Waals surface area contributed by atoms with Crippen LogP contribution in [-0.4, -0.2) is 0 Å².